The van der Waals surface area contributed by atoms with E-state index in [-0.39, 0.29) is 24.0 Å². The van der Waals surface area contributed by atoms with Crippen LogP contribution in [0.2, 0.25) is 0 Å². The Morgan fingerprint density at radius 2 is 1.80 bits per heavy atom. The lowest BCUT2D eigenvalue weighted by Crippen LogP contribution is -2.51. The minimum absolute atomic E-state index is 0.0192. The van der Waals surface area contributed by atoms with Crippen molar-refractivity contribution in [2.75, 3.05) is 19.6 Å². The van der Waals surface area contributed by atoms with Gasteiger partial charge in [-0.05, 0) is 62.3 Å². The third-order valence-corrected chi connectivity index (χ3v) is 7.22. The molecule has 1 aromatic heterocycles. The SMILES string of the molecule is CCCN1CCCCCCN(C(=O)Cc2cccnc2)[C@@H]2CCCC[C@@H]2Oc2ccccc2C1=O. The molecule has 6 nitrogen and oxygen atoms in total. The van der Waals surface area contributed by atoms with Gasteiger partial charge in [0.05, 0.1) is 18.0 Å². The number of pyridine rings is 1. The van der Waals surface area contributed by atoms with Crippen LogP contribution < -0.4 is 4.74 Å². The Labute approximate surface area is 209 Å². The molecule has 0 radical (unpaired) electrons. The fraction of sp³-hybridized carbons (Fsp3) is 0.552. The minimum atomic E-state index is -0.113. The number of ether oxygens (including phenoxy) is 1. The smallest absolute Gasteiger partial charge is 0.257 e. The molecule has 1 aromatic carbocycles. The molecule has 1 aliphatic heterocycles. The fourth-order valence-corrected chi connectivity index (χ4v) is 5.43. The summed E-state index contributed by atoms with van der Waals surface area (Å²) < 4.78 is 6.62. The molecule has 1 fully saturated rings. The molecule has 0 spiro atoms. The first-order valence-electron chi connectivity index (χ1n) is 13.4. The van der Waals surface area contributed by atoms with Crippen molar-refractivity contribution < 1.29 is 14.3 Å². The van der Waals surface area contributed by atoms with Crippen molar-refractivity contribution >= 4 is 11.8 Å². The van der Waals surface area contributed by atoms with E-state index in [1.165, 1.54) is 0 Å². The van der Waals surface area contributed by atoms with Gasteiger partial charge in [0.2, 0.25) is 5.91 Å². The molecule has 0 N–H and O–H groups in total. The number of nitrogens with zero attached hydrogens (tertiary/aromatic N) is 3. The summed E-state index contributed by atoms with van der Waals surface area (Å²) in [5.74, 6) is 0.840. The zero-order chi connectivity index (χ0) is 24.5. The molecule has 35 heavy (non-hydrogen) atoms. The van der Waals surface area contributed by atoms with Crippen LogP contribution >= 0.6 is 0 Å². The highest BCUT2D eigenvalue weighted by Gasteiger charge is 2.35. The molecule has 0 bridgehead atoms. The summed E-state index contributed by atoms with van der Waals surface area (Å²) >= 11 is 0. The summed E-state index contributed by atoms with van der Waals surface area (Å²) in [5.41, 5.74) is 1.58. The molecule has 188 valence electrons. The zero-order valence-corrected chi connectivity index (χ0v) is 21.0. The Balaban J connectivity index is 1.62. The van der Waals surface area contributed by atoms with Gasteiger partial charge in [-0.15, -0.1) is 0 Å². The van der Waals surface area contributed by atoms with Crippen molar-refractivity contribution in [2.24, 2.45) is 0 Å². The third kappa shape index (κ3) is 6.62. The Morgan fingerprint density at radius 1 is 1.00 bits per heavy atom. The molecule has 1 aliphatic carbocycles. The lowest BCUT2D eigenvalue weighted by Gasteiger charge is -2.40. The van der Waals surface area contributed by atoms with Crippen LogP contribution in [0.25, 0.3) is 0 Å². The van der Waals surface area contributed by atoms with Crippen LogP contribution in [0.5, 0.6) is 5.75 Å². The number of hydrogen-bond donors (Lipinski definition) is 0. The van der Waals surface area contributed by atoms with Crippen molar-refractivity contribution in [2.45, 2.75) is 83.3 Å². The summed E-state index contributed by atoms with van der Waals surface area (Å²) in [6.45, 7) is 4.39. The molecular formula is C29H39N3O3. The highest BCUT2D eigenvalue weighted by atomic mass is 16.5. The first-order chi connectivity index (χ1) is 17.2. The van der Waals surface area contributed by atoms with Gasteiger partial charge in [-0.3, -0.25) is 14.6 Å². The summed E-state index contributed by atoms with van der Waals surface area (Å²) in [6, 6.07) is 11.5. The summed E-state index contributed by atoms with van der Waals surface area (Å²) in [5, 5.41) is 0. The van der Waals surface area contributed by atoms with E-state index in [1.54, 1.807) is 12.4 Å². The van der Waals surface area contributed by atoms with Gasteiger partial charge in [-0.2, -0.15) is 0 Å². The molecule has 2 amide bonds. The number of rotatable bonds is 4. The van der Waals surface area contributed by atoms with E-state index in [0.29, 0.717) is 17.7 Å². The number of carbonyl (C=O) groups is 2. The molecule has 2 atom stereocenters. The Hall–Kier alpha value is -2.89. The second kappa shape index (κ2) is 12.7. The molecule has 2 heterocycles. The number of aromatic nitrogens is 1. The quantitative estimate of drug-likeness (QED) is 0.602. The maximum Gasteiger partial charge on any atom is 0.257 e. The average Bonchev–Trinajstić information content (AvgIpc) is 2.88. The van der Waals surface area contributed by atoms with Gasteiger partial charge in [-0.25, -0.2) is 0 Å². The number of para-hydroxylation sites is 1. The van der Waals surface area contributed by atoms with Crippen LogP contribution in [0.1, 0.15) is 80.6 Å². The van der Waals surface area contributed by atoms with Crippen LogP contribution in [-0.2, 0) is 11.2 Å². The standard InChI is InChI=1S/C29H39N3O3/c1-2-18-31-19-9-3-4-10-20-32(28(33)21-23-12-11-17-30-22-23)25-14-6-8-16-27(25)35-26-15-7-5-13-24(26)29(31)34/h5,7,11-13,15,17,22,25,27H,2-4,6,8-10,14,16,18-21H2,1H3/t25-,27+/m1/s1. The lowest BCUT2D eigenvalue weighted by atomic mass is 9.90. The number of benzene rings is 1. The van der Waals surface area contributed by atoms with Crippen molar-refractivity contribution in [3.05, 3.63) is 59.9 Å². The van der Waals surface area contributed by atoms with Crippen LogP contribution in [0.4, 0.5) is 0 Å². The van der Waals surface area contributed by atoms with Gasteiger partial charge in [0, 0.05) is 32.0 Å². The van der Waals surface area contributed by atoms with Crippen molar-refractivity contribution in [3.8, 4) is 5.75 Å². The second-order valence-electron chi connectivity index (χ2n) is 9.84. The monoisotopic (exact) mass is 477 g/mol. The molecule has 2 aromatic rings. The molecular weight excluding hydrogens is 438 g/mol. The minimum Gasteiger partial charge on any atom is -0.487 e. The number of hydrogen-bond acceptors (Lipinski definition) is 4. The van der Waals surface area contributed by atoms with Gasteiger partial charge in [0.15, 0.2) is 0 Å². The normalized spacial score (nSPS) is 21.9. The number of carbonyl (C=O) groups excluding carboxylic acids is 2. The summed E-state index contributed by atoms with van der Waals surface area (Å²) in [4.78, 5) is 35.3. The van der Waals surface area contributed by atoms with E-state index < -0.39 is 0 Å². The van der Waals surface area contributed by atoms with Crippen LogP contribution in [0.15, 0.2) is 48.8 Å². The topological polar surface area (TPSA) is 62.7 Å². The number of amides is 2. The van der Waals surface area contributed by atoms with Crippen molar-refractivity contribution in [1.82, 2.24) is 14.8 Å². The highest BCUT2D eigenvalue weighted by Crippen LogP contribution is 2.31. The molecule has 0 unspecified atom stereocenters. The van der Waals surface area contributed by atoms with E-state index >= 15 is 0 Å². The van der Waals surface area contributed by atoms with E-state index in [9.17, 15) is 9.59 Å². The molecule has 4 rings (SSSR count). The summed E-state index contributed by atoms with van der Waals surface area (Å²) in [7, 11) is 0. The van der Waals surface area contributed by atoms with Gasteiger partial charge in [0.25, 0.3) is 5.91 Å². The zero-order valence-electron chi connectivity index (χ0n) is 21.0. The lowest BCUT2D eigenvalue weighted by molar-refractivity contribution is -0.136. The maximum absolute atomic E-state index is 13.6. The second-order valence-corrected chi connectivity index (χ2v) is 9.84. The van der Waals surface area contributed by atoms with Gasteiger partial charge < -0.3 is 14.5 Å². The predicted molar refractivity (Wildman–Crippen MR) is 137 cm³/mol. The van der Waals surface area contributed by atoms with E-state index in [4.69, 9.17) is 4.74 Å². The molecule has 0 saturated heterocycles. The molecule has 2 aliphatic rings. The molecule has 1 saturated carbocycles. The predicted octanol–water partition coefficient (Wildman–Crippen LogP) is 5.27. The highest BCUT2D eigenvalue weighted by molar-refractivity contribution is 5.97. The Morgan fingerprint density at radius 3 is 2.60 bits per heavy atom. The van der Waals surface area contributed by atoms with Gasteiger partial charge in [-0.1, -0.05) is 44.4 Å². The Kier molecular flexibility index (Phi) is 9.15. The maximum atomic E-state index is 13.6. The van der Waals surface area contributed by atoms with Gasteiger partial charge in [0.1, 0.15) is 11.9 Å². The summed E-state index contributed by atoms with van der Waals surface area (Å²) in [6.07, 6.45) is 12.8. The van der Waals surface area contributed by atoms with E-state index in [1.807, 2.05) is 41.3 Å². The average molecular weight is 478 g/mol. The third-order valence-electron chi connectivity index (χ3n) is 7.22. The van der Waals surface area contributed by atoms with Gasteiger partial charge >= 0.3 is 0 Å². The van der Waals surface area contributed by atoms with Crippen LogP contribution in [0.3, 0.4) is 0 Å². The van der Waals surface area contributed by atoms with Crippen LogP contribution in [0, 0.1) is 0 Å². The fourth-order valence-electron chi connectivity index (χ4n) is 5.43. The van der Waals surface area contributed by atoms with Crippen molar-refractivity contribution in [3.63, 3.8) is 0 Å². The largest absolute Gasteiger partial charge is 0.487 e. The van der Waals surface area contributed by atoms with E-state index in [0.717, 1.165) is 83.0 Å². The molecule has 6 heteroatoms. The first kappa shape index (κ1) is 25.2. The number of fused-ring (bicyclic) bond motifs is 2. The van der Waals surface area contributed by atoms with Crippen molar-refractivity contribution in [1.29, 1.82) is 0 Å². The van der Waals surface area contributed by atoms with Crippen LogP contribution in [-0.4, -0.2) is 58.4 Å². The Bertz CT molecular complexity index is 965. The van der Waals surface area contributed by atoms with E-state index in [2.05, 4.69) is 16.8 Å². The first-order valence-corrected chi connectivity index (χ1v) is 13.4.